The molecule has 122 valence electrons. The largest absolute Gasteiger partial charge is 0.481 e. The van der Waals surface area contributed by atoms with E-state index in [0.717, 1.165) is 32.1 Å². The van der Waals surface area contributed by atoms with Crippen LogP contribution in [0, 0.1) is 5.41 Å². The van der Waals surface area contributed by atoms with E-state index in [1.807, 2.05) is 0 Å². The zero-order valence-corrected chi connectivity index (χ0v) is 12.7. The molecule has 0 atom stereocenters. The van der Waals surface area contributed by atoms with Gasteiger partial charge in [0.15, 0.2) is 5.52 Å². The van der Waals surface area contributed by atoms with Crippen LogP contribution in [0.15, 0.2) is 22.8 Å². The quantitative estimate of drug-likeness (QED) is 0.878. The number of carboxylic acids is 1. The van der Waals surface area contributed by atoms with E-state index < -0.39 is 11.4 Å². The molecule has 2 N–H and O–H groups in total. The molecule has 1 aliphatic rings. The number of nitrogens with zero attached hydrogens (tertiary/aromatic N) is 2. The van der Waals surface area contributed by atoms with Crippen molar-refractivity contribution in [1.29, 1.82) is 0 Å². The highest BCUT2D eigenvalue weighted by Gasteiger charge is 2.36. The van der Waals surface area contributed by atoms with E-state index in [-0.39, 0.29) is 18.7 Å². The predicted molar refractivity (Wildman–Crippen MR) is 82.8 cm³/mol. The highest BCUT2D eigenvalue weighted by Crippen LogP contribution is 2.42. The molecule has 1 aromatic heterocycles. The summed E-state index contributed by atoms with van der Waals surface area (Å²) in [6, 6.07) is 5.24. The van der Waals surface area contributed by atoms with E-state index >= 15 is 0 Å². The lowest BCUT2D eigenvalue weighted by atomic mass is 9.69. The highest BCUT2D eigenvalue weighted by atomic mass is 16.6. The summed E-state index contributed by atoms with van der Waals surface area (Å²) in [6.07, 6.45) is 4.86. The summed E-state index contributed by atoms with van der Waals surface area (Å²) in [4.78, 5) is 23.6. The summed E-state index contributed by atoms with van der Waals surface area (Å²) in [6.45, 7) is 0. The number of aromatic nitrogens is 2. The molecule has 23 heavy (non-hydrogen) atoms. The maximum absolute atomic E-state index is 12.5. The Morgan fingerprint density at radius 3 is 2.70 bits per heavy atom. The first kappa shape index (κ1) is 15.5. The lowest BCUT2D eigenvalue weighted by Crippen LogP contribution is -2.32. The molecule has 1 amide bonds. The van der Waals surface area contributed by atoms with Gasteiger partial charge in [-0.1, -0.05) is 25.3 Å². The van der Waals surface area contributed by atoms with Crippen molar-refractivity contribution >= 4 is 28.6 Å². The minimum Gasteiger partial charge on any atom is -0.481 e. The molecular formula is C16H19N3O4. The molecule has 0 radical (unpaired) electrons. The van der Waals surface area contributed by atoms with Gasteiger partial charge in [-0.2, -0.15) is 0 Å². The molecule has 0 unspecified atom stereocenters. The van der Waals surface area contributed by atoms with Crippen molar-refractivity contribution in [2.45, 2.75) is 44.9 Å². The summed E-state index contributed by atoms with van der Waals surface area (Å²) in [5.74, 6) is -1.04. The lowest BCUT2D eigenvalue weighted by molar-refractivity contribution is -0.140. The van der Waals surface area contributed by atoms with Gasteiger partial charge in [0.05, 0.1) is 12.1 Å². The van der Waals surface area contributed by atoms with Crippen LogP contribution in [0.4, 0.5) is 5.69 Å². The minimum atomic E-state index is -0.845. The molecule has 1 aliphatic carbocycles. The van der Waals surface area contributed by atoms with E-state index in [9.17, 15) is 14.7 Å². The van der Waals surface area contributed by atoms with E-state index in [1.54, 1.807) is 18.2 Å². The van der Waals surface area contributed by atoms with Gasteiger partial charge in [0.1, 0.15) is 5.52 Å². The first-order valence-corrected chi connectivity index (χ1v) is 7.81. The van der Waals surface area contributed by atoms with E-state index in [2.05, 4.69) is 20.3 Å². The number of hydrogen-bond donors (Lipinski definition) is 2. The number of hydrogen-bond acceptors (Lipinski definition) is 5. The molecule has 0 bridgehead atoms. The normalized spacial score (nSPS) is 17.0. The van der Waals surface area contributed by atoms with Gasteiger partial charge in [0.2, 0.25) is 5.91 Å². The molecule has 1 heterocycles. The molecule has 0 saturated heterocycles. The number of anilines is 1. The van der Waals surface area contributed by atoms with E-state index in [0.29, 0.717) is 16.7 Å². The molecule has 0 spiro atoms. The fraction of sp³-hybridized carbons (Fsp3) is 0.500. The number of fused-ring (bicyclic) bond motifs is 1. The first-order valence-electron chi connectivity index (χ1n) is 7.81. The van der Waals surface area contributed by atoms with Gasteiger partial charge < -0.3 is 10.4 Å². The number of carbonyl (C=O) groups is 2. The van der Waals surface area contributed by atoms with Gasteiger partial charge in [-0.3, -0.25) is 9.59 Å². The highest BCUT2D eigenvalue weighted by molar-refractivity contribution is 5.99. The van der Waals surface area contributed by atoms with Gasteiger partial charge in [0.25, 0.3) is 0 Å². The fourth-order valence-electron chi connectivity index (χ4n) is 3.48. The third-order valence-electron chi connectivity index (χ3n) is 4.54. The number of carboxylic acid groups (broad SMARTS) is 1. The van der Waals surface area contributed by atoms with Crippen molar-refractivity contribution < 1.29 is 19.3 Å². The van der Waals surface area contributed by atoms with Crippen molar-refractivity contribution in [2.24, 2.45) is 5.41 Å². The number of amides is 1. The van der Waals surface area contributed by atoms with Crippen LogP contribution in [0.2, 0.25) is 0 Å². The zero-order chi connectivity index (χ0) is 16.3. The van der Waals surface area contributed by atoms with Crippen LogP contribution in [0.3, 0.4) is 0 Å². The topological polar surface area (TPSA) is 105 Å². The smallest absolute Gasteiger partial charge is 0.303 e. The van der Waals surface area contributed by atoms with Crippen molar-refractivity contribution in [3.63, 3.8) is 0 Å². The summed E-state index contributed by atoms with van der Waals surface area (Å²) >= 11 is 0. The van der Waals surface area contributed by atoms with Gasteiger partial charge >= 0.3 is 5.97 Å². The minimum absolute atomic E-state index is 0.0378. The van der Waals surface area contributed by atoms with Gasteiger partial charge in [-0.15, -0.1) is 0 Å². The lowest BCUT2D eigenvalue weighted by Gasteiger charge is -2.35. The van der Waals surface area contributed by atoms with Crippen molar-refractivity contribution in [1.82, 2.24) is 10.3 Å². The Morgan fingerprint density at radius 1 is 1.17 bits per heavy atom. The molecular weight excluding hydrogens is 298 g/mol. The van der Waals surface area contributed by atoms with Gasteiger partial charge in [-0.05, 0) is 40.7 Å². The maximum Gasteiger partial charge on any atom is 0.303 e. The van der Waals surface area contributed by atoms with Crippen LogP contribution in [-0.2, 0) is 9.59 Å². The summed E-state index contributed by atoms with van der Waals surface area (Å²) in [7, 11) is 0. The van der Waals surface area contributed by atoms with Gasteiger partial charge in [0, 0.05) is 6.42 Å². The SMILES string of the molecule is O=C(O)CC1(CC(=O)Nc2cccc3nonc23)CCCCC1. The van der Waals surface area contributed by atoms with Crippen LogP contribution in [0.25, 0.3) is 11.0 Å². The molecule has 1 fully saturated rings. The maximum atomic E-state index is 12.5. The van der Waals surface area contributed by atoms with Crippen molar-refractivity contribution in [3.8, 4) is 0 Å². The molecule has 3 rings (SSSR count). The number of rotatable bonds is 5. The van der Waals surface area contributed by atoms with Crippen molar-refractivity contribution in [3.05, 3.63) is 18.2 Å². The third kappa shape index (κ3) is 3.49. The monoisotopic (exact) mass is 317 g/mol. The number of carbonyl (C=O) groups excluding carboxylic acids is 1. The Bertz CT molecular complexity index is 719. The Kier molecular flexibility index (Phi) is 4.27. The fourth-order valence-corrected chi connectivity index (χ4v) is 3.48. The summed E-state index contributed by atoms with van der Waals surface area (Å²) < 4.78 is 4.68. The van der Waals surface area contributed by atoms with Crippen LogP contribution in [0.5, 0.6) is 0 Å². The number of nitrogens with one attached hydrogen (secondary N) is 1. The molecule has 1 saturated carbocycles. The molecule has 2 aromatic rings. The Hall–Kier alpha value is -2.44. The number of aliphatic carboxylic acids is 1. The average Bonchev–Trinajstić information content (AvgIpc) is 2.96. The van der Waals surface area contributed by atoms with E-state index in [1.165, 1.54) is 0 Å². The molecule has 0 aliphatic heterocycles. The second kappa shape index (κ2) is 6.36. The predicted octanol–water partition coefficient (Wildman–Crippen LogP) is 2.98. The Morgan fingerprint density at radius 2 is 1.96 bits per heavy atom. The van der Waals surface area contributed by atoms with Crippen LogP contribution in [0.1, 0.15) is 44.9 Å². The Balaban J connectivity index is 1.74. The third-order valence-corrected chi connectivity index (χ3v) is 4.54. The van der Waals surface area contributed by atoms with Gasteiger partial charge in [-0.25, -0.2) is 4.63 Å². The summed E-state index contributed by atoms with van der Waals surface area (Å²) in [5, 5.41) is 19.5. The Labute approximate surface area is 133 Å². The van der Waals surface area contributed by atoms with Crippen LogP contribution >= 0.6 is 0 Å². The standard InChI is InChI=1S/C16H19N3O4/c20-13(9-16(10-14(21)22)7-2-1-3-8-16)17-11-5-4-6-12-15(11)19-23-18-12/h4-6H,1-3,7-10H2,(H,17,20)(H,21,22). The zero-order valence-electron chi connectivity index (χ0n) is 12.7. The second-order valence-corrected chi connectivity index (χ2v) is 6.29. The van der Waals surface area contributed by atoms with E-state index in [4.69, 9.17) is 0 Å². The van der Waals surface area contributed by atoms with Crippen LogP contribution < -0.4 is 5.32 Å². The first-order chi connectivity index (χ1) is 11.1. The number of benzene rings is 1. The second-order valence-electron chi connectivity index (χ2n) is 6.29. The molecule has 1 aromatic carbocycles. The molecule has 7 nitrogen and oxygen atoms in total. The summed E-state index contributed by atoms with van der Waals surface area (Å²) in [5.41, 5.74) is 1.16. The molecule has 7 heteroatoms. The van der Waals surface area contributed by atoms with Crippen LogP contribution in [-0.4, -0.2) is 27.3 Å². The van der Waals surface area contributed by atoms with Crippen molar-refractivity contribution in [2.75, 3.05) is 5.32 Å². The average molecular weight is 317 g/mol.